The van der Waals surface area contributed by atoms with Crippen molar-refractivity contribution in [2.75, 3.05) is 18.2 Å². The molecule has 2 N–H and O–H groups in total. The van der Waals surface area contributed by atoms with Gasteiger partial charge in [0.15, 0.2) is 11.0 Å². The van der Waals surface area contributed by atoms with E-state index < -0.39 is 0 Å². The van der Waals surface area contributed by atoms with Gasteiger partial charge in [0.25, 0.3) is 0 Å². The normalized spacial score (nSPS) is 10.7. The number of hydrogen-bond acceptors (Lipinski definition) is 6. The second kappa shape index (κ2) is 9.76. The van der Waals surface area contributed by atoms with Crippen LogP contribution in [0.5, 0.6) is 11.5 Å². The average molecular weight is 467 g/mol. The summed E-state index contributed by atoms with van der Waals surface area (Å²) in [5.74, 6) is 1.43. The minimum atomic E-state index is -0.187. The Balaban J connectivity index is 1.61. The number of methoxy groups -OCH3 is 1. The first-order valence-electron chi connectivity index (χ1n) is 9.61. The molecular weight excluding hydrogens is 448 g/mol. The quantitative estimate of drug-likeness (QED) is 0.371. The monoisotopic (exact) mass is 466 g/mol. The predicted octanol–water partition coefficient (Wildman–Crippen LogP) is 5.03. The Kier molecular flexibility index (Phi) is 6.63. The van der Waals surface area contributed by atoms with Crippen LogP contribution in [0.1, 0.15) is 0 Å². The van der Waals surface area contributed by atoms with Crippen molar-refractivity contribution in [2.45, 2.75) is 5.16 Å². The first-order chi connectivity index (χ1) is 15.5. The Bertz CT molecular complexity index is 1230. The van der Waals surface area contributed by atoms with Crippen molar-refractivity contribution >= 4 is 35.0 Å². The number of aromatic hydroxyl groups is 1. The lowest BCUT2D eigenvalue weighted by Gasteiger charge is -2.11. The van der Waals surface area contributed by atoms with Crippen molar-refractivity contribution in [3.8, 4) is 28.6 Å². The van der Waals surface area contributed by atoms with E-state index in [4.69, 9.17) is 16.3 Å². The molecule has 0 aliphatic rings. The maximum atomic E-state index is 12.5. The number of hydrogen-bond donors (Lipinski definition) is 2. The Labute approximate surface area is 194 Å². The van der Waals surface area contributed by atoms with Crippen molar-refractivity contribution in [2.24, 2.45) is 0 Å². The van der Waals surface area contributed by atoms with Crippen LogP contribution in [-0.2, 0) is 4.79 Å². The fourth-order valence-corrected chi connectivity index (χ4v) is 3.96. The summed E-state index contributed by atoms with van der Waals surface area (Å²) in [6.45, 7) is 0. The third kappa shape index (κ3) is 5.04. The lowest BCUT2D eigenvalue weighted by atomic mass is 10.2. The van der Waals surface area contributed by atoms with E-state index in [1.54, 1.807) is 55.6 Å². The predicted molar refractivity (Wildman–Crippen MR) is 126 cm³/mol. The van der Waals surface area contributed by atoms with Crippen molar-refractivity contribution < 1.29 is 14.6 Å². The number of ether oxygens (including phenoxy) is 1. The number of thioether (sulfide) groups is 1. The SMILES string of the molecule is COc1ccc(-n2c(SCC(=O)Nc3cccc(Cl)c3)nnc2-c2ccc(O)cc2)cc1. The summed E-state index contributed by atoms with van der Waals surface area (Å²) >= 11 is 7.25. The number of amides is 1. The Morgan fingerprint density at radius 2 is 1.84 bits per heavy atom. The van der Waals surface area contributed by atoms with Gasteiger partial charge in [0.1, 0.15) is 11.5 Å². The zero-order valence-corrected chi connectivity index (χ0v) is 18.6. The van der Waals surface area contributed by atoms with E-state index >= 15 is 0 Å². The van der Waals surface area contributed by atoms with Crippen molar-refractivity contribution in [3.63, 3.8) is 0 Å². The van der Waals surface area contributed by atoms with E-state index in [1.165, 1.54) is 11.8 Å². The van der Waals surface area contributed by atoms with Gasteiger partial charge in [0, 0.05) is 22.0 Å². The number of phenols is 1. The van der Waals surface area contributed by atoms with Gasteiger partial charge in [-0.2, -0.15) is 0 Å². The molecule has 0 saturated carbocycles. The number of aromatic nitrogens is 3. The summed E-state index contributed by atoms with van der Waals surface area (Å²) in [5.41, 5.74) is 2.22. The van der Waals surface area contributed by atoms with Crippen LogP contribution in [0.25, 0.3) is 17.1 Å². The van der Waals surface area contributed by atoms with Crippen LogP contribution in [0.4, 0.5) is 5.69 Å². The fraction of sp³-hybridized carbons (Fsp3) is 0.0870. The largest absolute Gasteiger partial charge is 0.508 e. The number of benzene rings is 3. The van der Waals surface area contributed by atoms with Gasteiger partial charge in [-0.05, 0) is 66.7 Å². The van der Waals surface area contributed by atoms with E-state index in [9.17, 15) is 9.90 Å². The van der Waals surface area contributed by atoms with E-state index in [1.807, 2.05) is 28.8 Å². The number of rotatable bonds is 7. The molecule has 0 spiro atoms. The number of carbonyl (C=O) groups is 1. The first-order valence-corrected chi connectivity index (χ1v) is 11.0. The molecule has 0 aliphatic heterocycles. The highest BCUT2D eigenvalue weighted by Crippen LogP contribution is 2.30. The molecule has 7 nitrogen and oxygen atoms in total. The minimum Gasteiger partial charge on any atom is -0.508 e. The highest BCUT2D eigenvalue weighted by molar-refractivity contribution is 7.99. The highest BCUT2D eigenvalue weighted by atomic mass is 35.5. The number of nitrogens with one attached hydrogen (secondary N) is 1. The van der Waals surface area contributed by atoms with Gasteiger partial charge in [0.05, 0.1) is 12.9 Å². The molecule has 0 aliphatic carbocycles. The van der Waals surface area contributed by atoms with Gasteiger partial charge in [0.2, 0.25) is 5.91 Å². The standard InChI is InChI=1S/C23H19ClN4O3S/c1-31-20-11-7-18(8-12-20)28-22(15-5-9-19(29)10-6-15)26-27-23(28)32-14-21(30)25-17-4-2-3-16(24)13-17/h2-13,29H,14H2,1H3,(H,25,30). The zero-order chi connectivity index (χ0) is 22.5. The Morgan fingerprint density at radius 1 is 1.09 bits per heavy atom. The molecule has 0 fully saturated rings. The zero-order valence-electron chi connectivity index (χ0n) is 17.0. The summed E-state index contributed by atoms with van der Waals surface area (Å²) in [5, 5.41) is 22.2. The number of halogens is 1. The summed E-state index contributed by atoms with van der Waals surface area (Å²) in [7, 11) is 1.61. The topological polar surface area (TPSA) is 89.3 Å². The molecule has 0 bridgehead atoms. The van der Waals surface area contributed by atoms with Crippen molar-refractivity contribution in [1.82, 2.24) is 14.8 Å². The highest BCUT2D eigenvalue weighted by Gasteiger charge is 2.17. The summed E-state index contributed by atoms with van der Waals surface area (Å²) in [6, 6.07) is 21.2. The lowest BCUT2D eigenvalue weighted by molar-refractivity contribution is -0.113. The van der Waals surface area contributed by atoms with Crippen LogP contribution in [0, 0.1) is 0 Å². The van der Waals surface area contributed by atoms with Crippen LogP contribution in [0.3, 0.4) is 0 Å². The molecule has 3 aromatic carbocycles. The third-order valence-electron chi connectivity index (χ3n) is 4.53. The average Bonchev–Trinajstić information content (AvgIpc) is 3.22. The van der Waals surface area contributed by atoms with Crippen molar-refractivity contribution in [1.29, 1.82) is 0 Å². The van der Waals surface area contributed by atoms with Gasteiger partial charge in [-0.25, -0.2) is 0 Å². The van der Waals surface area contributed by atoms with Crippen LogP contribution in [0.15, 0.2) is 78.0 Å². The van der Waals surface area contributed by atoms with Crippen LogP contribution in [-0.4, -0.2) is 38.6 Å². The molecule has 32 heavy (non-hydrogen) atoms. The molecule has 1 amide bonds. The first kappa shape index (κ1) is 21.7. The number of phenolic OH excluding ortho intramolecular Hbond substituents is 1. The maximum Gasteiger partial charge on any atom is 0.234 e. The maximum absolute atomic E-state index is 12.5. The van der Waals surface area contributed by atoms with Crippen LogP contribution >= 0.6 is 23.4 Å². The van der Waals surface area contributed by atoms with E-state index in [0.717, 1.165) is 17.0 Å². The van der Waals surface area contributed by atoms with Crippen LogP contribution < -0.4 is 10.1 Å². The third-order valence-corrected chi connectivity index (χ3v) is 5.69. The van der Waals surface area contributed by atoms with Gasteiger partial charge in [-0.1, -0.05) is 29.4 Å². The molecule has 0 unspecified atom stereocenters. The number of carbonyl (C=O) groups excluding carboxylic acids is 1. The van der Waals surface area contributed by atoms with Crippen molar-refractivity contribution in [3.05, 3.63) is 77.8 Å². The molecular formula is C23H19ClN4O3S. The smallest absolute Gasteiger partial charge is 0.234 e. The fourth-order valence-electron chi connectivity index (χ4n) is 3.02. The van der Waals surface area contributed by atoms with E-state index in [2.05, 4.69) is 15.5 Å². The van der Waals surface area contributed by atoms with E-state index in [-0.39, 0.29) is 17.4 Å². The summed E-state index contributed by atoms with van der Waals surface area (Å²) in [6.07, 6.45) is 0. The van der Waals surface area contributed by atoms with Crippen LogP contribution in [0.2, 0.25) is 5.02 Å². The van der Waals surface area contributed by atoms with Gasteiger partial charge in [-0.15, -0.1) is 10.2 Å². The molecule has 162 valence electrons. The molecule has 4 aromatic rings. The summed E-state index contributed by atoms with van der Waals surface area (Å²) in [4.78, 5) is 12.5. The second-order valence-corrected chi connectivity index (χ2v) is 8.11. The molecule has 4 rings (SSSR count). The summed E-state index contributed by atoms with van der Waals surface area (Å²) < 4.78 is 7.12. The van der Waals surface area contributed by atoms with E-state index in [0.29, 0.717) is 21.7 Å². The number of nitrogens with zero attached hydrogens (tertiary/aromatic N) is 3. The lowest BCUT2D eigenvalue weighted by Crippen LogP contribution is -2.14. The minimum absolute atomic E-state index is 0.135. The molecule has 1 heterocycles. The molecule has 1 aromatic heterocycles. The molecule has 9 heteroatoms. The molecule has 0 atom stereocenters. The Hall–Kier alpha value is -3.49. The Morgan fingerprint density at radius 3 is 2.53 bits per heavy atom. The van der Waals surface area contributed by atoms with Gasteiger partial charge < -0.3 is 15.2 Å². The number of anilines is 1. The molecule has 0 radical (unpaired) electrons. The van der Waals surface area contributed by atoms with Gasteiger partial charge >= 0.3 is 0 Å². The second-order valence-electron chi connectivity index (χ2n) is 6.73. The van der Waals surface area contributed by atoms with Gasteiger partial charge in [-0.3, -0.25) is 9.36 Å². The molecule has 0 saturated heterocycles.